The molecule has 1 atom stereocenters. The summed E-state index contributed by atoms with van der Waals surface area (Å²) in [6.07, 6.45) is 1.32. The number of rotatable bonds is 7. The van der Waals surface area contributed by atoms with Crippen LogP contribution in [-0.2, 0) is 24.1 Å². The molecule has 0 aromatic heterocycles. The first kappa shape index (κ1) is 18.2. The first-order valence-corrected chi connectivity index (χ1v) is 8.69. The number of carbonyl (C=O) groups is 1. The number of hydrogen-bond acceptors (Lipinski definition) is 5. The van der Waals surface area contributed by atoms with E-state index in [2.05, 4.69) is 0 Å². The molecular formula is C18H19O5S-. The summed E-state index contributed by atoms with van der Waals surface area (Å²) in [6, 6.07) is 9.71. The van der Waals surface area contributed by atoms with E-state index in [1.807, 2.05) is 6.92 Å². The minimum absolute atomic E-state index is 0.0553. The van der Waals surface area contributed by atoms with E-state index < -0.39 is 11.1 Å². The zero-order valence-electron chi connectivity index (χ0n) is 13.6. The predicted molar refractivity (Wildman–Crippen MR) is 90.1 cm³/mol. The molecule has 1 unspecified atom stereocenters. The van der Waals surface area contributed by atoms with Crippen molar-refractivity contribution < 1.29 is 23.4 Å². The van der Waals surface area contributed by atoms with Gasteiger partial charge in [-0.15, -0.1) is 0 Å². The first-order chi connectivity index (χ1) is 11.5. The van der Waals surface area contributed by atoms with Gasteiger partial charge in [0, 0.05) is 16.0 Å². The Labute approximate surface area is 143 Å². The summed E-state index contributed by atoms with van der Waals surface area (Å²) < 4.78 is 28.2. The number of phenolic OH excluding ortho intramolecular Hbond substituents is 1. The van der Waals surface area contributed by atoms with Gasteiger partial charge in [-0.1, -0.05) is 31.5 Å². The third-order valence-corrected chi connectivity index (χ3v) is 4.41. The van der Waals surface area contributed by atoms with E-state index in [1.54, 1.807) is 24.3 Å². The van der Waals surface area contributed by atoms with Gasteiger partial charge in [0.15, 0.2) is 5.78 Å². The summed E-state index contributed by atoms with van der Waals surface area (Å²) in [7, 11) is 0. The number of carbonyl (C=O) groups excluding carboxylic acids is 1. The summed E-state index contributed by atoms with van der Waals surface area (Å²) in [5.74, 6) is 0.164. The van der Waals surface area contributed by atoms with Crippen molar-refractivity contribution in [3.8, 4) is 11.5 Å². The van der Waals surface area contributed by atoms with Gasteiger partial charge in [0.05, 0.1) is 5.56 Å². The second-order valence-corrected chi connectivity index (χ2v) is 6.28. The number of ether oxygens (including phenoxy) is 1. The molecule has 2 aromatic rings. The molecule has 24 heavy (non-hydrogen) atoms. The van der Waals surface area contributed by atoms with E-state index in [-0.39, 0.29) is 28.6 Å². The topological polar surface area (TPSA) is 86.7 Å². The molecule has 0 fully saturated rings. The van der Waals surface area contributed by atoms with Gasteiger partial charge in [-0.3, -0.25) is 9.00 Å². The average molecular weight is 347 g/mol. The van der Waals surface area contributed by atoms with Gasteiger partial charge in [-0.25, -0.2) is 0 Å². The molecule has 5 nitrogen and oxygen atoms in total. The number of Topliss-reactive ketones (excluding diaryl/α,β-unsaturated/α-hetero) is 1. The molecule has 0 amide bonds. The van der Waals surface area contributed by atoms with Crippen LogP contribution < -0.4 is 4.74 Å². The Balaban J connectivity index is 2.32. The molecule has 0 saturated heterocycles. The van der Waals surface area contributed by atoms with Gasteiger partial charge in [0.1, 0.15) is 18.1 Å². The van der Waals surface area contributed by atoms with Crippen LogP contribution in [0.5, 0.6) is 11.5 Å². The molecule has 6 heteroatoms. The lowest BCUT2D eigenvalue weighted by Crippen LogP contribution is -2.05. The Morgan fingerprint density at radius 2 is 1.96 bits per heavy atom. The van der Waals surface area contributed by atoms with Crippen LogP contribution >= 0.6 is 0 Å². The fourth-order valence-electron chi connectivity index (χ4n) is 2.47. The standard InChI is InChI=1S/C18H20O5S/c1-3-6-15-16(10-9-14(12(2)19)18(15)20)23-11-13-7-4-5-8-17(13)24(21)22/h4-5,7-10,20H,3,6,11H2,1-2H3,(H,21,22)/p-1. The highest BCUT2D eigenvalue weighted by Gasteiger charge is 2.16. The van der Waals surface area contributed by atoms with Crippen LogP contribution in [0.1, 0.15) is 41.8 Å². The Hall–Kier alpha value is -2.18. The van der Waals surface area contributed by atoms with Crippen molar-refractivity contribution in [1.82, 2.24) is 0 Å². The molecule has 0 heterocycles. The molecule has 0 bridgehead atoms. The monoisotopic (exact) mass is 347 g/mol. The lowest BCUT2D eigenvalue weighted by atomic mass is 10.0. The SMILES string of the molecule is CCCc1c(OCc2ccccc2S(=O)[O-])ccc(C(C)=O)c1O. The second kappa shape index (κ2) is 8.08. The van der Waals surface area contributed by atoms with Gasteiger partial charge < -0.3 is 14.4 Å². The first-order valence-electron chi connectivity index (χ1n) is 7.61. The highest BCUT2D eigenvalue weighted by molar-refractivity contribution is 7.79. The molecule has 0 radical (unpaired) electrons. The van der Waals surface area contributed by atoms with Gasteiger partial charge in [-0.2, -0.15) is 0 Å². The van der Waals surface area contributed by atoms with Crippen LogP contribution in [0.15, 0.2) is 41.3 Å². The van der Waals surface area contributed by atoms with Gasteiger partial charge in [-0.05, 0) is 42.6 Å². The predicted octanol–water partition coefficient (Wildman–Crippen LogP) is 3.36. The third kappa shape index (κ3) is 4.01. The van der Waals surface area contributed by atoms with E-state index in [4.69, 9.17) is 4.74 Å². The largest absolute Gasteiger partial charge is 0.768 e. The van der Waals surface area contributed by atoms with E-state index in [1.165, 1.54) is 19.1 Å². The van der Waals surface area contributed by atoms with Crippen molar-refractivity contribution in [3.63, 3.8) is 0 Å². The second-order valence-electron chi connectivity index (χ2n) is 5.38. The Morgan fingerprint density at radius 3 is 2.58 bits per heavy atom. The fraction of sp³-hybridized carbons (Fsp3) is 0.278. The number of ketones is 1. The van der Waals surface area contributed by atoms with Gasteiger partial charge in [0.2, 0.25) is 0 Å². The van der Waals surface area contributed by atoms with Crippen LogP contribution in [0.2, 0.25) is 0 Å². The van der Waals surface area contributed by atoms with Crippen LogP contribution in [0.25, 0.3) is 0 Å². The van der Waals surface area contributed by atoms with Crippen LogP contribution in [0, 0.1) is 0 Å². The maximum Gasteiger partial charge on any atom is 0.163 e. The summed E-state index contributed by atoms with van der Waals surface area (Å²) in [5, 5.41) is 10.3. The zero-order valence-corrected chi connectivity index (χ0v) is 14.4. The summed E-state index contributed by atoms with van der Waals surface area (Å²) in [5.41, 5.74) is 1.35. The zero-order chi connectivity index (χ0) is 17.7. The number of phenols is 1. The minimum atomic E-state index is -2.35. The lowest BCUT2D eigenvalue weighted by molar-refractivity contribution is 0.101. The van der Waals surface area contributed by atoms with E-state index in [9.17, 15) is 18.7 Å². The highest BCUT2D eigenvalue weighted by atomic mass is 32.2. The maximum absolute atomic E-state index is 11.6. The summed E-state index contributed by atoms with van der Waals surface area (Å²) in [4.78, 5) is 11.7. The number of benzene rings is 2. The van der Waals surface area contributed by atoms with Crippen molar-refractivity contribution in [3.05, 3.63) is 53.1 Å². The molecular weight excluding hydrogens is 328 g/mol. The molecule has 1 N–H and O–H groups in total. The molecule has 0 aliphatic carbocycles. The summed E-state index contributed by atoms with van der Waals surface area (Å²) >= 11 is -2.35. The van der Waals surface area contributed by atoms with Gasteiger partial charge >= 0.3 is 0 Å². The Morgan fingerprint density at radius 1 is 1.25 bits per heavy atom. The van der Waals surface area contributed by atoms with Crippen molar-refractivity contribution in [2.75, 3.05) is 0 Å². The van der Waals surface area contributed by atoms with Crippen molar-refractivity contribution >= 4 is 16.9 Å². The quantitative estimate of drug-likeness (QED) is 0.613. The summed E-state index contributed by atoms with van der Waals surface area (Å²) in [6.45, 7) is 3.41. The number of aromatic hydroxyl groups is 1. The van der Waals surface area contributed by atoms with Crippen molar-refractivity contribution in [1.29, 1.82) is 0 Å². The molecule has 128 valence electrons. The average Bonchev–Trinajstić information content (AvgIpc) is 2.55. The molecule has 0 aliphatic heterocycles. The van der Waals surface area contributed by atoms with E-state index in [0.29, 0.717) is 23.3 Å². The van der Waals surface area contributed by atoms with E-state index in [0.717, 1.165) is 6.42 Å². The van der Waals surface area contributed by atoms with Gasteiger partial charge in [0.25, 0.3) is 0 Å². The number of hydrogen-bond donors (Lipinski definition) is 1. The van der Waals surface area contributed by atoms with Crippen LogP contribution in [0.4, 0.5) is 0 Å². The molecule has 0 aliphatic rings. The van der Waals surface area contributed by atoms with Crippen molar-refractivity contribution in [2.45, 2.75) is 38.2 Å². The molecule has 2 aromatic carbocycles. The normalized spacial score (nSPS) is 12.0. The fourth-order valence-corrected chi connectivity index (χ4v) is 3.00. The Bertz CT molecular complexity index is 770. The minimum Gasteiger partial charge on any atom is -0.768 e. The Kier molecular flexibility index (Phi) is 6.11. The van der Waals surface area contributed by atoms with Crippen LogP contribution in [0.3, 0.4) is 0 Å². The van der Waals surface area contributed by atoms with E-state index >= 15 is 0 Å². The maximum atomic E-state index is 11.6. The molecule has 0 spiro atoms. The third-order valence-electron chi connectivity index (χ3n) is 3.65. The smallest absolute Gasteiger partial charge is 0.163 e. The highest BCUT2D eigenvalue weighted by Crippen LogP contribution is 2.33. The molecule has 0 saturated carbocycles. The van der Waals surface area contributed by atoms with Crippen LogP contribution in [-0.4, -0.2) is 19.7 Å². The molecule has 2 rings (SSSR count). The lowest BCUT2D eigenvalue weighted by Gasteiger charge is -2.16. The van der Waals surface area contributed by atoms with Crippen molar-refractivity contribution in [2.24, 2.45) is 0 Å².